The van der Waals surface area contributed by atoms with Crippen LogP contribution in [0.1, 0.15) is 37.4 Å². The zero-order valence-corrected chi connectivity index (χ0v) is 22.6. The minimum absolute atomic E-state index is 0.138. The maximum Gasteiger partial charge on any atom is 0.416 e. The fraction of sp³-hybridized carbons (Fsp3) is 0.0882. The molecule has 0 spiro atoms. The zero-order chi connectivity index (χ0) is 30.1. The molecule has 0 saturated carbocycles. The van der Waals surface area contributed by atoms with Gasteiger partial charge in [-0.1, -0.05) is 60.7 Å². The highest BCUT2D eigenvalue weighted by molar-refractivity contribution is 6.07. The van der Waals surface area contributed by atoms with Gasteiger partial charge in [-0.3, -0.25) is 9.48 Å². The maximum atomic E-state index is 13.7. The first-order valence-electron chi connectivity index (χ1n) is 13.4. The van der Waals surface area contributed by atoms with Crippen LogP contribution in [0.4, 0.5) is 13.2 Å². The number of fused-ring (bicyclic) bond motifs is 2. The average Bonchev–Trinajstić information content (AvgIpc) is 3.41. The van der Waals surface area contributed by atoms with Gasteiger partial charge in [0.15, 0.2) is 0 Å². The molecule has 1 heterocycles. The molecule has 43 heavy (non-hydrogen) atoms. The van der Waals surface area contributed by atoms with Crippen LogP contribution in [-0.2, 0) is 19.3 Å². The molecule has 0 aliphatic carbocycles. The number of rotatable bonds is 7. The van der Waals surface area contributed by atoms with Gasteiger partial charge in [-0.25, -0.2) is 4.79 Å². The Balaban J connectivity index is 1.37. The van der Waals surface area contributed by atoms with Gasteiger partial charge in [0.25, 0.3) is 5.91 Å². The number of nitrogens with zero attached hydrogens (tertiary/aromatic N) is 2. The summed E-state index contributed by atoms with van der Waals surface area (Å²) < 4.78 is 41.2. The minimum Gasteiger partial charge on any atom is -0.478 e. The largest absolute Gasteiger partial charge is 0.478 e. The predicted molar refractivity (Wildman–Crippen MR) is 158 cm³/mol. The third-order valence-electron chi connectivity index (χ3n) is 7.32. The molecule has 6 rings (SSSR count). The summed E-state index contributed by atoms with van der Waals surface area (Å²) in [6.07, 6.45) is -2.81. The Morgan fingerprint density at radius 3 is 2.16 bits per heavy atom. The lowest BCUT2D eigenvalue weighted by Crippen LogP contribution is -2.24. The highest BCUT2D eigenvalue weighted by Crippen LogP contribution is 2.33. The molecule has 0 aliphatic heterocycles. The fourth-order valence-electron chi connectivity index (χ4n) is 5.10. The van der Waals surface area contributed by atoms with Crippen LogP contribution >= 0.6 is 0 Å². The van der Waals surface area contributed by atoms with Gasteiger partial charge in [0, 0.05) is 11.9 Å². The van der Waals surface area contributed by atoms with Crippen molar-refractivity contribution in [3.05, 3.63) is 137 Å². The van der Waals surface area contributed by atoms with E-state index < -0.39 is 23.6 Å². The topological polar surface area (TPSA) is 84.2 Å². The van der Waals surface area contributed by atoms with Crippen molar-refractivity contribution in [3.63, 3.8) is 0 Å². The molecule has 6 nitrogen and oxygen atoms in total. The Morgan fingerprint density at radius 1 is 0.767 bits per heavy atom. The predicted octanol–water partition coefficient (Wildman–Crippen LogP) is 7.55. The molecule has 6 aromatic rings. The lowest BCUT2D eigenvalue weighted by Gasteiger charge is -2.13. The van der Waals surface area contributed by atoms with Gasteiger partial charge in [-0.2, -0.15) is 18.3 Å². The van der Waals surface area contributed by atoms with Crippen LogP contribution in [0.2, 0.25) is 0 Å². The summed E-state index contributed by atoms with van der Waals surface area (Å²) in [4.78, 5) is 24.8. The molecule has 0 saturated heterocycles. The van der Waals surface area contributed by atoms with Crippen molar-refractivity contribution in [2.45, 2.75) is 19.3 Å². The van der Waals surface area contributed by atoms with E-state index in [1.165, 1.54) is 24.3 Å². The SMILES string of the molecule is O=C(O)c1ccc(CNC(=O)c2cc(-c3ccc(C(F)(F)F)cc3)cc3cnn(Cc4ccc5ccccc5c4)c23)cc1. The van der Waals surface area contributed by atoms with E-state index in [2.05, 4.69) is 16.5 Å². The van der Waals surface area contributed by atoms with Crippen molar-refractivity contribution in [3.8, 4) is 11.1 Å². The standard InChI is InChI=1S/C34H24F3N3O3/c35-34(36,37)29-13-11-24(12-14-29)27-16-28-19-39-40(20-22-7-8-23-3-1-2-4-26(23)15-22)31(28)30(17-27)32(41)38-18-21-5-9-25(10-6-21)33(42)43/h1-17,19H,18,20H2,(H,38,41)(H,42,43). The molecule has 0 bridgehead atoms. The van der Waals surface area contributed by atoms with Crippen LogP contribution in [-0.4, -0.2) is 26.8 Å². The van der Waals surface area contributed by atoms with E-state index in [1.54, 1.807) is 29.1 Å². The number of hydrogen-bond acceptors (Lipinski definition) is 3. The summed E-state index contributed by atoms with van der Waals surface area (Å²) in [7, 11) is 0. The molecule has 2 N–H and O–H groups in total. The van der Waals surface area contributed by atoms with E-state index in [1.807, 2.05) is 42.5 Å². The number of hydrogen-bond donors (Lipinski definition) is 2. The lowest BCUT2D eigenvalue weighted by molar-refractivity contribution is -0.137. The second-order valence-electron chi connectivity index (χ2n) is 10.2. The molecule has 0 fully saturated rings. The quantitative estimate of drug-likeness (QED) is 0.205. The molecule has 5 aromatic carbocycles. The molecule has 1 amide bonds. The van der Waals surface area contributed by atoms with Gasteiger partial charge in [-0.05, 0) is 75.5 Å². The summed E-state index contributed by atoms with van der Waals surface area (Å²) in [5, 5.41) is 19.5. The molecular formula is C34H24F3N3O3. The Hall–Kier alpha value is -5.44. The molecule has 0 radical (unpaired) electrons. The Kier molecular flexibility index (Phi) is 7.15. The monoisotopic (exact) mass is 579 g/mol. The molecule has 1 aromatic heterocycles. The van der Waals surface area contributed by atoms with Gasteiger partial charge in [0.1, 0.15) is 0 Å². The number of halogens is 3. The summed E-state index contributed by atoms with van der Waals surface area (Å²) >= 11 is 0. The number of carbonyl (C=O) groups excluding carboxylic acids is 1. The molecule has 0 unspecified atom stereocenters. The van der Waals surface area contributed by atoms with Crippen molar-refractivity contribution in [2.24, 2.45) is 0 Å². The molecule has 0 aliphatic rings. The molecule has 214 valence electrons. The highest BCUT2D eigenvalue weighted by atomic mass is 19.4. The van der Waals surface area contributed by atoms with Crippen LogP contribution in [0.3, 0.4) is 0 Å². The van der Waals surface area contributed by atoms with E-state index in [0.29, 0.717) is 39.7 Å². The maximum absolute atomic E-state index is 13.7. The fourth-order valence-corrected chi connectivity index (χ4v) is 5.10. The minimum atomic E-state index is -4.46. The number of carboxylic acid groups (broad SMARTS) is 1. The highest BCUT2D eigenvalue weighted by Gasteiger charge is 2.30. The second kappa shape index (κ2) is 11.1. The van der Waals surface area contributed by atoms with E-state index in [9.17, 15) is 22.8 Å². The van der Waals surface area contributed by atoms with Crippen molar-refractivity contribution in [2.75, 3.05) is 0 Å². The van der Waals surface area contributed by atoms with E-state index in [0.717, 1.165) is 28.5 Å². The number of amides is 1. The third-order valence-corrected chi connectivity index (χ3v) is 7.32. The Bertz CT molecular complexity index is 1980. The number of alkyl halides is 3. The van der Waals surface area contributed by atoms with E-state index >= 15 is 0 Å². The van der Waals surface area contributed by atoms with Crippen LogP contribution in [0, 0.1) is 0 Å². The van der Waals surface area contributed by atoms with Crippen molar-refractivity contribution in [1.82, 2.24) is 15.1 Å². The number of aromatic carboxylic acids is 1. The average molecular weight is 580 g/mol. The second-order valence-corrected chi connectivity index (χ2v) is 10.2. The first-order valence-corrected chi connectivity index (χ1v) is 13.4. The normalized spacial score (nSPS) is 11.6. The smallest absolute Gasteiger partial charge is 0.416 e. The number of nitrogens with one attached hydrogen (secondary N) is 1. The Morgan fingerprint density at radius 2 is 1.47 bits per heavy atom. The summed E-state index contributed by atoms with van der Waals surface area (Å²) in [5.74, 6) is -1.45. The molecule has 0 atom stereocenters. The first-order chi connectivity index (χ1) is 20.7. The van der Waals surface area contributed by atoms with Crippen LogP contribution in [0.25, 0.3) is 32.8 Å². The van der Waals surface area contributed by atoms with Crippen molar-refractivity contribution in [1.29, 1.82) is 0 Å². The molecule has 9 heteroatoms. The zero-order valence-electron chi connectivity index (χ0n) is 22.6. The number of carbonyl (C=O) groups is 2. The molecular weight excluding hydrogens is 555 g/mol. The third kappa shape index (κ3) is 5.83. The number of carboxylic acids is 1. The van der Waals surface area contributed by atoms with Gasteiger partial charge in [0.05, 0.1) is 34.9 Å². The van der Waals surface area contributed by atoms with E-state index in [-0.39, 0.29) is 12.1 Å². The van der Waals surface area contributed by atoms with E-state index in [4.69, 9.17) is 5.11 Å². The summed E-state index contributed by atoms with van der Waals surface area (Å²) in [6, 6.07) is 28.6. The number of aromatic nitrogens is 2. The van der Waals surface area contributed by atoms with Crippen molar-refractivity contribution < 1.29 is 27.9 Å². The lowest BCUT2D eigenvalue weighted by atomic mass is 9.98. The van der Waals surface area contributed by atoms with Crippen molar-refractivity contribution >= 4 is 33.6 Å². The van der Waals surface area contributed by atoms with Gasteiger partial charge in [-0.15, -0.1) is 0 Å². The first kappa shape index (κ1) is 27.7. The van der Waals surface area contributed by atoms with Crippen LogP contribution < -0.4 is 5.32 Å². The number of benzene rings is 5. The van der Waals surface area contributed by atoms with Crippen LogP contribution in [0.5, 0.6) is 0 Å². The van der Waals surface area contributed by atoms with Crippen LogP contribution in [0.15, 0.2) is 109 Å². The Labute approximate surface area is 244 Å². The summed E-state index contributed by atoms with van der Waals surface area (Å²) in [6.45, 7) is 0.536. The van der Waals surface area contributed by atoms with Gasteiger partial charge >= 0.3 is 12.1 Å². The summed E-state index contributed by atoms with van der Waals surface area (Å²) in [5.41, 5.74) is 3.07. The van der Waals surface area contributed by atoms with Gasteiger partial charge < -0.3 is 10.4 Å². The van der Waals surface area contributed by atoms with Gasteiger partial charge in [0.2, 0.25) is 0 Å².